The molecule has 5 heteroatoms. The zero-order valence-electron chi connectivity index (χ0n) is 10.9. The molecule has 0 spiro atoms. The van der Waals surface area contributed by atoms with Gasteiger partial charge in [-0.3, -0.25) is 4.79 Å². The number of benzene rings is 1. The molecule has 0 radical (unpaired) electrons. The first-order valence-corrected chi connectivity index (χ1v) is 6.61. The van der Waals surface area contributed by atoms with E-state index in [1.807, 2.05) is 24.3 Å². The van der Waals surface area contributed by atoms with Gasteiger partial charge in [-0.2, -0.15) is 0 Å². The van der Waals surface area contributed by atoms with Crippen LogP contribution in [0.4, 0.5) is 0 Å². The van der Waals surface area contributed by atoms with Gasteiger partial charge in [-0.1, -0.05) is 41.9 Å². The number of aliphatic hydroxyl groups excluding tert-OH is 1. The van der Waals surface area contributed by atoms with Gasteiger partial charge in [0.2, 0.25) is 0 Å². The van der Waals surface area contributed by atoms with Crippen LogP contribution in [0.2, 0.25) is 5.15 Å². The summed E-state index contributed by atoms with van der Waals surface area (Å²) < 4.78 is 0. The highest BCUT2D eigenvalue weighted by Gasteiger charge is 2.18. The van der Waals surface area contributed by atoms with E-state index in [0.29, 0.717) is 17.3 Å². The van der Waals surface area contributed by atoms with E-state index in [-0.39, 0.29) is 19.1 Å². The number of pyridine rings is 1. The molecule has 2 aromatic rings. The maximum Gasteiger partial charge on any atom is 0.256 e. The average molecular weight is 291 g/mol. The van der Waals surface area contributed by atoms with Crippen LogP contribution in [0.3, 0.4) is 0 Å². The van der Waals surface area contributed by atoms with Crippen molar-refractivity contribution in [3.8, 4) is 0 Å². The van der Waals surface area contributed by atoms with Crippen molar-refractivity contribution < 1.29 is 9.90 Å². The number of aromatic nitrogens is 1. The highest BCUT2D eigenvalue weighted by atomic mass is 35.5. The van der Waals surface area contributed by atoms with E-state index in [9.17, 15) is 4.79 Å². The molecular formula is C15H15ClN2O2. The Morgan fingerprint density at radius 1 is 1.40 bits per heavy atom. The van der Waals surface area contributed by atoms with E-state index in [0.717, 1.165) is 10.8 Å². The summed E-state index contributed by atoms with van der Waals surface area (Å²) in [6, 6.07) is 7.35. The van der Waals surface area contributed by atoms with Crippen LogP contribution in [0.5, 0.6) is 0 Å². The summed E-state index contributed by atoms with van der Waals surface area (Å²) in [5, 5.41) is 10.9. The summed E-state index contributed by atoms with van der Waals surface area (Å²) >= 11 is 6.04. The molecule has 0 aliphatic carbocycles. The first-order valence-electron chi connectivity index (χ1n) is 6.23. The largest absolute Gasteiger partial charge is 0.395 e. The Morgan fingerprint density at radius 3 is 2.75 bits per heavy atom. The Kier molecular flexibility index (Phi) is 4.71. The van der Waals surface area contributed by atoms with E-state index in [2.05, 4.69) is 11.6 Å². The van der Waals surface area contributed by atoms with Crippen LogP contribution in [0.15, 0.2) is 43.1 Å². The van der Waals surface area contributed by atoms with Crippen LogP contribution in [0, 0.1) is 0 Å². The number of carbonyl (C=O) groups is 1. The Labute approximate surface area is 122 Å². The molecular weight excluding hydrogens is 276 g/mol. The van der Waals surface area contributed by atoms with Gasteiger partial charge in [-0.05, 0) is 5.39 Å². The second-order valence-corrected chi connectivity index (χ2v) is 4.63. The van der Waals surface area contributed by atoms with E-state index in [1.165, 1.54) is 11.1 Å². The van der Waals surface area contributed by atoms with Crippen molar-refractivity contribution in [3.05, 3.63) is 53.8 Å². The minimum atomic E-state index is -0.195. The molecule has 0 aliphatic rings. The summed E-state index contributed by atoms with van der Waals surface area (Å²) in [6.45, 7) is 4.15. The summed E-state index contributed by atoms with van der Waals surface area (Å²) in [5.74, 6) is -0.195. The van der Waals surface area contributed by atoms with Crippen molar-refractivity contribution in [2.45, 2.75) is 0 Å². The van der Waals surface area contributed by atoms with Gasteiger partial charge in [0.05, 0.1) is 12.2 Å². The topological polar surface area (TPSA) is 53.4 Å². The lowest BCUT2D eigenvalue weighted by Crippen LogP contribution is -2.33. The third-order valence-electron chi connectivity index (χ3n) is 2.98. The summed E-state index contributed by atoms with van der Waals surface area (Å²) in [6.07, 6.45) is 3.10. The second-order valence-electron chi connectivity index (χ2n) is 4.27. The molecule has 0 saturated carbocycles. The zero-order valence-corrected chi connectivity index (χ0v) is 11.7. The summed E-state index contributed by atoms with van der Waals surface area (Å²) in [7, 11) is 0. The van der Waals surface area contributed by atoms with Crippen LogP contribution in [0.25, 0.3) is 10.8 Å². The number of carbonyl (C=O) groups excluding carboxylic acids is 1. The molecule has 0 atom stereocenters. The van der Waals surface area contributed by atoms with Gasteiger partial charge in [0.1, 0.15) is 5.15 Å². The number of rotatable bonds is 5. The summed E-state index contributed by atoms with van der Waals surface area (Å²) in [5.41, 5.74) is 0.473. The predicted octanol–water partition coefficient (Wildman–Crippen LogP) is 2.51. The second kappa shape index (κ2) is 6.50. The molecule has 0 fully saturated rings. The third kappa shape index (κ3) is 2.81. The fourth-order valence-corrected chi connectivity index (χ4v) is 2.26. The molecule has 1 aromatic carbocycles. The normalized spacial score (nSPS) is 10.5. The Bertz CT molecular complexity index is 643. The number of aliphatic hydroxyl groups is 1. The van der Waals surface area contributed by atoms with E-state index in [1.54, 1.807) is 6.08 Å². The zero-order chi connectivity index (χ0) is 14.5. The lowest BCUT2D eigenvalue weighted by molar-refractivity contribution is 0.0744. The number of halogens is 1. The molecule has 0 saturated heterocycles. The maximum absolute atomic E-state index is 12.5. The number of hydrogen-bond acceptors (Lipinski definition) is 3. The van der Waals surface area contributed by atoms with Crippen molar-refractivity contribution in [3.63, 3.8) is 0 Å². The van der Waals surface area contributed by atoms with E-state index < -0.39 is 0 Å². The molecule has 0 aliphatic heterocycles. The predicted molar refractivity (Wildman–Crippen MR) is 79.9 cm³/mol. The fourth-order valence-electron chi connectivity index (χ4n) is 2.05. The third-order valence-corrected chi connectivity index (χ3v) is 3.28. The van der Waals surface area contributed by atoms with Crippen molar-refractivity contribution >= 4 is 28.3 Å². The lowest BCUT2D eigenvalue weighted by Gasteiger charge is -2.20. The first-order chi connectivity index (χ1) is 9.69. The van der Waals surface area contributed by atoms with Crippen LogP contribution in [-0.4, -0.2) is 40.6 Å². The molecule has 4 nitrogen and oxygen atoms in total. The smallest absolute Gasteiger partial charge is 0.256 e. The van der Waals surface area contributed by atoms with Gasteiger partial charge in [0.25, 0.3) is 5.91 Å². The number of fused-ring (bicyclic) bond motifs is 1. The van der Waals surface area contributed by atoms with Gasteiger partial charge >= 0.3 is 0 Å². The quantitative estimate of drug-likeness (QED) is 0.680. The van der Waals surface area contributed by atoms with Gasteiger partial charge in [0.15, 0.2) is 0 Å². The lowest BCUT2D eigenvalue weighted by atomic mass is 10.1. The van der Waals surface area contributed by atoms with E-state index in [4.69, 9.17) is 16.7 Å². The van der Waals surface area contributed by atoms with Gasteiger partial charge in [-0.15, -0.1) is 6.58 Å². The number of amides is 1. The first kappa shape index (κ1) is 14.5. The molecule has 1 N–H and O–H groups in total. The number of hydrogen-bond donors (Lipinski definition) is 1. The van der Waals surface area contributed by atoms with Gasteiger partial charge < -0.3 is 10.0 Å². The highest BCUT2D eigenvalue weighted by Crippen LogP contribution is 2.25. The Balaban J connectivity index is 2.49. The van der Waals surface area contributed by atoms with Crippen molar-refractivity contribution in [1.82, 2.24) is 9.88 Å². The molecule has 0 unspecified atom stereocenters. The highest BCUT2D eigenvalue weighted by molar-refractivity contribution is 6.34. The molecule has 20 heavy (non-hydrogen) atoms. The van der Waals surface area contributed by atoms with Crippen molar-refractivity contribution in [2.24, 2.45) is 0 Å². The summed E-state index contributed by atoms with van der Waals surface area (Å²) in [4.78, 5) is 18.1. The minimum Gasteiger partial charge on any atom is -0.395 e. The molecule has 104 valence electrons. The van der Waals surface area contributed by atoms with E-state index >= 15 is 0 Å². The van der Waals surface area contributed by atoms with Crippen molar-refractivity contribution in [1.29, 1.82) is 0 Å². The van der Waals surface area contributed by atoms with Crippen molar-refractivity contribution in [2.75, 3.05) is 19.7 Å². The molecule has 1 amide bonds. The van der Waals surface area contributed by atoms with Gasteiger partial charge in [-0.25, -0.2) is 4.98 Å². The van der Waals surface area contributed by atoms with Crippen LogP contribution >= 0.6 is 11.6 Å². The fraction of sp³-hybridized carbons (Fsp3) is 0.200. The van der Waals surface area contributed by atoms with Crippen LogP contribution in [-0.2, 0) is 0 Å². The van der Waals surface area contributed by atoms with Crippen LogP contribution < -0.4 is 0 Å². The standard InChI is InChI=1S/C15H15ClN2O2/c1-2-7-18(8-9-19)15(20)13-10-17-14(16)12-6-4-3-5-11(12)13/h2-6,10,19H,1,7-9H2. The monoisotopic (exact) mass is 290 g/mol. The molecule has 0 bridgehead atoms. The Morgan fingerprint density at radius 2 is 2.10 bits per heavy atom. The molecule has 2 rings (SSSR count). The maximum atomic E-state index is 12.5. The average Bonchev–Trinajstić information content (AvgIpc) is 2.47. The Hall–Kier alpha value is -1.91. The molecule has 1 aromatic heterocycles. The van der Waals surface area contributed by atoms with Crippen LogP contribution in [0.1, 0.15) is 10.4 Å². The minimum absolute atomic E-state index is 0.0987. The molecule has 1 heterocycles. The SMILES string of the molecule is C=CCN(CCO)C(=O)c1cnc(Cl)c2ccccc12. The number of nitrogens with zero attached hydrogens (tertiary/aromatic N) is 2. The van der Waals surface area contributed by atoms with Gasteiger partial charge in [0, 0.05) is 24.7 Å².